The molecule has 0 spiro atoms. The molecule has 2 aromatic rings. The van der Waals surface area contributed by atoms with E-state index in [0.29, 0.717) is 18.5 Å². The van der Waals surface area contributed by atoms with Crippen molar-refractivity contribution in [3.05, 3.63) is 54.1 Å². The van der Waals surface area contributed by atoms with Gasteiger partial charge in [0.25, 0.3) is 0 Å². The summed E-state index contributed by atoms with van der Waals surface area (Å²) in [4.78, 5) is 30.3. The maximum atomic E-state index is 12.2. The van der Waals surface area contributed by atoms with Crippen LogP contribution < -0.4 is 16.4 Å². The number of amides is 3. The van der Waals surface area contributed by atoms with Crippen molar-refractivity contribution in [2.75, 3.05) is 6.54 Å². The molecule has 1 aromatic heterocycles. The number of aromatic nitrogens is 2. The minimum atomic E-state index is -0.805. The monoisotopic (exact) mass is 287 g/mol. The van der Waals surface area contributed by atoms with Gasteiger partial charge in [-0.2, -0.15) is 0 Å². The Bertz CT molecular complexity index is 583. The first-order valence-electron chi connectivity index (χ1n) is 6.53. The van der Waals surface area contributed by atoms with Crippen molar-refractivity contribution in [2.45, 2.75) is 12.5 Å². The largest absolute Gasteiger partial charge is 0.354 e. The molecule has 0 aliphatic rings. The van der Waals surface area contributed by atoms with Gasteiger partial charge in [-0.25, -0.2) is 9.78 Å². The summed E-state index contributed by atoms with van der Waals surface area (Å²) in [5.41, 5.74) is 5.80. The van der Waals surface area contributed by atoms with Crippen molar-refractivity contribution in [3.8, 4) is 0 Å². The van der Waals surface area contributed by atoms with Gasteiger partial charge in [0.1, 0.15) is 11.9 Å². The van der Waals surface area contributed by atoms with E-state index >= 15 is 0 Å². The third kappa shape index (κ3) is 4.34. The van der Waals surface area contributed by atoms with Gasteiger partial charge in [-0.1, -0.05) is 30.3 Å². The lowest BCUT2D eigenvalue weighted by Crippen LogP contribution is -2.43. The number of hydrogen-bond acceptors (Lipinski definition) is 3. The molecule has 110 valence electrons. The zero-order valence-electron chi connectivity index (χ0n) is 11.4. The lowest BCUT2D eigenvalue weighted by atomic mass is 10.1. The van der Waals surface area contributed by atoms with Crippen LogP contribution in [0.5, 0.6) is 0 Å². The van der Waals surface area contributed by atoms with Gasteiger partial charge in [0.15, 0.2) is 0 Å². The third-order valence-corrected chi connectivity index (χ3v) is 2.90. The molecule has 0 fully saturated rings. The van der Waals surface area contributed by atoms with E-state index < -0.39 is 12.1 Å². The van der Waals surface area contributed by atoms with Gasteiger partial charge >= 0.3 is 6.03 Å². The summed E-state index contributed by atoms with van der Waals surface area (Å²) in [6.07, 6.45) is 3.95. The van der Waals surface area contributed by atoms with Crippen molar-refractivity contribution in [1.82, 2.24) is 20.6 Å². The fourth-order valence-electron chi connectivity index (χ4n) is 1.93. The molecule has 0 radical (unpaired) electrons. The van der Waals surface area contributed by atoms with Gasteiger partial charge in [0.2, 0.25) is 5.91 Å². The van der Waals surface area contributed by atoms with Crippen molar-refractivity contribution < 1.29 is 9.59 Å². The van der Waals surface area contributed by atoms with Crippen LogP contribution in [0.4, 0.5) is 4.79 Å². The fraction of sp³-hybridized carbons (Fsp3) is 0.214. The number of aromatic amines is 1. The number of benzene rings is 1. The number of nitrogens with one attached hydrogen (secondary N) is 3. The molecule has 0 saturated heterocycles. The fourth-order valence-corrected chi connectivity index (χ4v) is 1.93. The molecule has 1 aromatic carbocycles. The van der Waals surface area contributed by atoms with E-state index in [0.717, 1.165) is 5.82 Å². The lowest BCUT2D eigenvalue weighted by molar-refractivity contribution is -0.123. The molecule has 21 heavy (non-hydrogen) atoms. The summed E-state index contributed by atoms with van der Waals surface area (Å²) >= 11 is 0. The molecule has 1 atom stereocenters. The van der Waals surface area contributed by atoms with Gasteiger partial charge in [-0.05, 0) is 5.56 Å². The number of H-pyrrole nitrogens is 1. The minimum Gasteiger partial charge on any atom is -0.354 e. The average molecular weight is 287 g/mol. The molecule has 5 N–H and O–H groups in total. The molecule has 7 nitrogen and oxygen atoms in total. The number of hydrogen-bond donors (Lipinski definition) is 4. The van der Waals surface area contributed by atoms with E-state index in [1.807, 2.05) is 6.07 Å². The van der Waals surface area contributed by atoms with Gasteiger partial charge in [-0.3, -0.25) is 4.79 Å². The first kappa shape index (κ1) is 14.6. The van der Waals surface area contributed by atoms with E-state index in [9.17, 15) is 9.59 Å². The van der Waals surface area contributed by atoms with Crippen LogP contribution in [-0.2, 0) is 11.2 Å². The number of imidazole rings is 1. The summed E-state index contributed by atoms with van der Waals surface area (Å²) in [6, 6.07) is 7.38. The first-order chi connectivity index (χ1) is 10.2. The SMILES string of the molecule is NC(=O)NC(C(=O)NCCc1ncc[nH]1)c1ccccc1. The summed E-state index contributed by atoms with van der Waals surface area (Å²) < 4.78 is 0. The number of nitrogens with two attached hydrogens (primary N) is 1. The number of primary amides is 1. The van der Waals surface area contributed by atoms with Crippen LogP contribution in [0.3, 0.4) is 0 Å². The Labute approximate surface area is 122 Å². The number of rotatable bonds is 6. The molecule has 0 bridgehead atoms. The maximum absolute atomic E-state index is 12.2. The molecule has 2 rings (SSSR count). The smallest absolute Gasteiger partial charge is 0.313 e. The van der Waals surface area contributed by atoms with Gasteiger partial charge in [0, 0.05) is 25.4 Å². The molecular weight excluding hydrogens is 270 g/mol. The van der Waals surface area contributed by atoms with E-state index in [1.54, 1.807) is 36.7 Å². The van der Waals surface area contributed by atoms with E-state index in [2.05, 4.69) is 20.6 Å². The van der Waals surface area contributed by atoms with E-state index in [-0.39, 0.29) is 5.91 Å². The maximum Gasteiger partial charge on any atom is 0.313 e. The highest BCUT2D eigenvalue weighted by Crippen LogP contribution is 2.12. The molecule has 0 saturated carbocycles. The molecule has 3 amide bonds. The van der Waals surface area contributed by atoms with Crippen LogP contribution in [-0.4, -0.2) is 28.5 Å². The highest BCUT2D eigenvalue weighted by Gasteiger charge is 2.21. The predicted octanol–water partition coefficient (Wildman–Crippen LogP) is 0.478. The van der Waals surface area contributed by atoms with Crippen molar-refractivity contribution in [3.63, 3.8) is 0 Å². The Balaban J connectivity index is 1.96. The van der Waals surface area contributed by atoms with Crippen LogP contribution in [0, 0.1) is 0 Å². The van der Waals surface area contributed by atoms with Crippen molar-refractivity contribution >= 4 is 11.9 Å². The third-order valence-electron chi connectivity index (χ3n) is 2.90. The minimum absolute atomic E-state index is 0.313. The molecule has 1 heterocycles. The summed E-state index contributed by atoms with van der Waals surface area (Å²) in [6.45, 7) is 0.413. The second-order valence-electron chi connectivity index (χ2n) is 4.43. The average Bonchev–Trinajstić information content (AvgIpc) is 2.98. The molecule has 7 heteroatoms. The first-order valence-corrected chi connectivity index (χ1v) is 6.53. The molecular formula is C14H17N5O2. The summed E-state index contributed by atoms with van der Waals surface area (Å²) in [5.74, 6) is 0.473. The Morgan fingerprint density at radius 2 is 2.05 bits per heavy atom. The molecule has 0 aliphatic carbocycles. The highest BCUT2D eigenvalue weighted by atomic mass is 16.2. The Morgan fingerprint density at radius 3 is 2.67 bits per heavy atom. The molecule has 1 unspecified atom stereocenters. The summed E-state index contributed by atoms with van der Waals surface area (Å²) in [7, 11) is 0. The van der Waals surface area contributed by atoms with Crippen molar-refractivity contribution in [2.24, 2.45) is 5.73 Å². The second-order valence-corrected chi connectivity index (χ2v) is 4.43. The standard InChI is InChI=1S/C14H17N5O2/c15-14(21)19-12(10-4-2-1-3-5-10)13(20)18-7-6-11-16-8-9-17-11/h1-5,8-9,12H,6-7H2,(H,16,17)(H,18,20)(H3,15,19,21). The van der Waals surface area contributed by atoms with Gasteiger partial charge in [-0.15, -0.1) is 0 Å². The zero-order valence-corrected chi connectivity index (χ0v) is 11.4. The van der Waals surface area contributed by atoms with Crippen LogP contribution in [0.15, 0.2) is 42.7 Å². The lowest BCUT2D eigenvalue weighted by Gasteiger charge is -2.17. The summed E-state index contributed by atoms with van der Waals surface area (Å²) in [5, 5.41) is 5.20. The molecule has 0 aliphatic heterocycles. The van der Waals surface area contributed by atoms with Crippen LogP contribution in [0.25, 0.3) is 0 Å². The van der Waals surface area contributed by atoms with Crippen LogP contribution >= 0.6 is 0 Å². The quantitative estimate of drug-likeness (QED) is 0.619. The predicted molar refractivity (Wildman–Crippen MR) is 77.2 cm³/mol. The van der Waals surface area contributed by atoms with Crippen LogP contribution in [0.2, 0.25) is 0 Å². The van der Waals surface area contributed by atoms with Crippen LogP contribution in [0.1, 0.15) is 17.4 Å². The Morgan fingerprint density at radius 1 is 1.29 bits per heavy atom. The highest BCUT2D eigenvalue weighted by molar-refractivity contribution is 5.87. The normalized spacial score (nSPS) is 11.6. The van der Waals surface area contributed by atoms with Gasteiger partial charge < -0.3 is 21.4 Å². The number of carbonyl (C=O) groups is 2. The number of urea groups is 1. The number of carbonyl (C=O) groups excluding carboxylic acids is 2. The second kappa shape index (κ2) is 7.09. The topological polar surface area (TPSA) is 113 Å². The van der Waals surface area contributed by atoms with Gasteiger partial charge in [0.05, 0.1) is 0 Å². The van der Waals surface area contributed by atoms with E-state index in [4.69, 9.17) is 5.73 Å². The zero-order chi connectivity index (χ0) is 15.1. The Hall–Kier alpha value is -2.83. The van der Waals surface area contributed by atoms with E-state index in [1.165, 1.54) is 0 Å². The number of nitrogens with zero attached hydrogens (tertiary/aromatic N) is 1. The Kier molecular flexibility index (Phi) is 4.92. The van der Waals surface area contributed by atoms with Crippen molar-refractivity contribution in [1.29, 1.82) is 0 Å².